The number of anilines is 1. The van der Waals surface area contributed by atoms with Gasteiger partial charge in [-0.1, -0.05) is 0 Å². The zero-order chi connectivity index (χ0) is 17.8. The lowest BCUT2D eigenvalue weighted by Gasteiger charge is -2.29. The van der Waals surface area contributed by atoms with Gasteiger partial charge in [-0.25, -0.2) is 9.97 Å². The highest BCUT2D eigenvalue weighted by atomic mass is 16.6. The number of hydrogen-bond acceptors (Lipinski definition) is 7. The Labute approximate surface area is 145 Å². The summed E-state index contributed by atoms with van der Waals surface area (Å²) < 4.78 is 11.4. The maximum absolute atomic E-state index is 10.7. The monoisotopic (exact) mass is 344 g/mol. The van der Waals surface area contributed by atoms with Gasteiger partial charge >= 0.3 is 5.69 Å². The Morgan fingerprint density at radius 2 is 1.72 bits per heavy atom. The zero-order valence-corrected chi connectivity index (χ0v) is 14.3. The second-order valence-corrected chi connectivity index (χ2v) is 5.60. The summed E-state index contributed by atoms with van der Waals surface area (Å²) in [7, 11) is 0. The fraction of sp³-hybridized carbons (Fsp3) is 0.412. The molecule has 3 rings (SSSR count). The van der Waals surface area contributed by atoms with E-state index in [2.05, 4.69) is 9.97 Å². The smallest absolute Gasteiger partial charge is 0.305 e. The molecule has 0 amide bonds. The largest absolute Gasteiger partial charge is 0.490 e. The molecule has 1 aliphatic rings. The molecular weight excluding hydrogens is 324 g/mol. The first-order valence-electron chi connectivity index (χ1n) is 8.25. The SMILES string of the molecule is CCOc1cc2c(cc1OCC)CN(c1ncc([N+](=O)[O-])cn1)CC2. The summed E-state index contributed by atoms with van der Waals surface area (Å²) in [5, 5.41) is 10.7. The van der Waals surface area contributed by atoms with Crippen LogP contribution < -0.4 is 14.4 Å². The Balaban J connectivity index is 1.84. The lowest BCUT2D eigenvalue weighted by molar-refractivity contribution is -0.385. The standard InChI is InChI=1S/C17H20N4O4/c1-3-24-15-7-12-5-6-20(11-13(12)8-16(15)25-4-2)17-18-9-14(10-19-17)21(22)23/h7-10H,3-6,11H2,1-2H3. The van der Waals surface area contributed by atoms with Gasteiger partial charge in [0.15, 0.2) is 11.5 Å². The molecule has 25 heavy (non-hydrogen) atoms. The molecule has 2 heterocycles. The second-order valence-electron chi connectivity index (χ2n) is 5.60. The number of hydrogen-bond donors (Lipinski definition) is 0. The highest BCUT2D eigenvalue weighted by molar-refractivity contribution is 5.51. The van der Waals surface area contributed by atoms with Crippen molar-refractivity contribution < 1.29 is 14.4 Å². The summed E-state index contributed by atoms with van der Waals surface area (Å²) in [6, 6.07) is 4.04. The number of benzene rings is 1. The number of rotatable bonds is 6. The van der Waals surface area contributed by atoms with Crippen molar-refractivity contribution in [1.29, 1.82) is 0 Å². The molecule has 0 atom stereocenters. The fourth-order valence-corrected chi connectivity index (χ4v) is 2.84. The van der Waals surface area contributed by atoms with E-state index in [1.807, 2.05) is 30.9 Å². The first-order chi connectivity index (χ1) is 12.1. The van der Waals surface area contributed by atoms with Gasteiger partial charge in [0.05, 0.1) is 18.1 Å². The third-order valence-electron chi connectivity index (χ3n) is 4.00. The van der Waals surface area contributed by atoms with Crippen molar-refractivity contribution in [3.8, 4) is 11.5 Å². The Morgan fingerprint density at radius 3 is 2.28 bits per heavy atom. The number of nitro groups is 1. The number of aromatic nitrogens is 2. The average molecular weight is 344 g/mol. The summed E-state index contributed by atoms with van der Waals surface area (Å²) in [5.41, 5.74) is 2.23. The molecular formula is C17H20N4O4. The second kappa shape index (κ2) is 7.33. The van der Waals surface area contributed by atoms with Gasteiger partial charge in [0, 0.05) is 13.1 Å². The summed E-state index contributed by atoms with van der Waals surface area (Å²) >= 11 is 0. The average Bonchev–Trinajstić information content (AvgIpc) is 2.62. The van der Waals surface area contributed by atoms with E-state index >= 15 is 0 Å². The zero-order valence-electron chi connectivity index (χ0n) is 14.3. The molecule has 0 aliphatic carbocycles. The molecule has 0 unspecified atom stereocenters. The van der Waals surface area contributed by atoms with E-state index in [1.54, 1.807) is 0 Å². The van der Waals surface area contributed by atoms with Crippen LogP contribution in [-0.2, 0) is 13.0 Å². The van der Waals surface area contributed by atoms with Crippen molar-refractivity contribution in [3.63, 3.8) is 0 Å². The van der Waals surface area contributed by atoms with Gasteiger partial charge in [-0.15, -0.1) is 0 Å². The molecule has 132 valence electrons. The van der Waals surface area contributed by atoms with Gasteiger partial charge in [-0.3, -0.25) is 10.1 Å². The van der Waals surface area contributed by atoms with Gasteiger partial charge in [0.1, 0.15) is 12.4 Å². The molecule has 0 bridgehead atoms. The first kappa shape index (κ1) is 16.9. The minimum atomic E-state index is -0.501. The molecule has 8 nitrogen and oxygen atoms in total. The number of fused-ring (bicyclic) bond motifs is 1. The van der Waals surface area contributed by atoms with Crippen LogP contribution in [0.3, 0.4) is 0 Å². The molecule has 1 aliphatic heterocycles. The Hall–Kier alpha value is -2.90. The summed E-state index contributed by atoms with van der Waals surface area (Å²) in [6.07, 6.45) is 3.30. The van der Waals surface area contributed by atoms with Crippen LogP contribution in [0, 0.1) is 10.1 Å². The van der Waals surface area contributed by atoms with E-state index in [0.717, 1.165) is 30.0 Å². The molecule has 0 saturated heterocycles. The summed E-state index contributed by atoms with van der Waals surface area (Å²) in [6.45, 7) is 6.40. The van der Waals surface area contributed by atoms with Crippen LogP contribution in [-0.4, -0.2) is 34.6 Å². The minimum Gasteiger partial charge on any atom is -0.490 e. The maximum atomic E-state index is 10.7. The number of nitrogens with zero attached hydrogens (tertiary/aromatic N) is 4. The summed E-state index contributed by atoms with van der Waals surface area (Å²) in [4.78, 5) is 20.5. The molecule has 1 aromatic heterocycles. The molecule has 0 saturated carbocycles. The Kier molecular flexibility index (Phi) is 4.97. The highest BCUT2D eigenvalue weighted by Gasteiger charge is 2.22. The lowest BCUT2D eigenvalue weighted by Crippen LogP contribution is -2.31. The van der Waals surface area contributed by atoms with E-state index in [1.165, 1.54) is 18.0 Å². The first-order valence-corrected chi connectivity index (χ1v) is 8.25. The van der Waals surface area contributed by atoms with Crippen molar-refractivity contribution >= 4 is 11.6 Å². The van der Waals surface area contributed by atoms with Gasteiger partial charge in [-0.2, -0.15) is 0 Å². The van der Waals surface area contributed by atoms with Crippen molar-refractivity contribution in [3.05, 3.63) is 45.8 Å². The molecule has 0 N–H and O–H groups in total. The normalized spacial score (nSPS) is 13.3. The third kappa shape index (κ3) is 3.62. The van der Waals surface area contributed by atoms with Crippen molar-refractivity contribution in [2.45, 2.75) is 26.8 Å². The van der Waals surface area contributed by atoms with Gasteiger partial charge in [0.2, 0.25) is 5.95 Å². The van der Waals surface area contributed by atoms with Crippen LogP contribution in [0.25, 0.3) is 0 Å². The molecule has 0 radical (unpaired) electrons. The van der Waals surface area contributed by atoms with Crippen molar-refractivity contribution in [2.24, 2.45) is 0 Å². The third-order valence-corrected chi connectivity index (χ3v) is 4.00. The minimum absolute atomic E-state index is 0.110. The van der Waals surface area contributed by atoms with E-state index in [9.17, 15) is 10.1 Å². The molecule has 0 spiro atoms. The lowest BCUT2D eigenvalue weighted by atomic mass is 9.99. The maximum Gasteiger partial charge on any atom is 0.305 e. The van der Waals surface area contributed by atoms with E-state index in [-0.39, 0.29) is 5.69 Å². The molecule has 2 aromatic rings. The molecule has 1 aromatic carbocycles. The van der Waals surface area contributed by atoms with E-state index in [0.29, 0.717) is 25.7 Å². The van der Waals surface area contributed by atoms with Gasteiger partial charge < -0.3 is 14.4 Å². The van der Waals surface area contributed by atoms with Crippen molar-refractivity contribution in [2.75, 3.05) is 24.7 Å². The van der Waals surface area contributed by atoms with Gasteiger partial charge in [0.25, 0.3) is 0 Å². The van der Waals surface area contributed by atoms with E-state index < -0.39 is 4.92 Å². The van der Waals surface area contributed by atoms with Crippen LogP contribution in [0.4, 0.5) is 11.6 Å². The predicted molar refractivity (Wildman–Crippen MR) is 92.2 cm³/mol. The number of ether oxygens (including phenoxy) is 2. The molecule has 8 heteroatoms. The quantitative estimate of drug-likeness (QED) is 0.588. The van der Waals surface area contributed by atoms with Crippen LogP contribution in [0.15, 0.2) is 24.5 Å². The Morgan fingerprint density at radius 1 is 1.12 bits per heavy atom. The summed E-state index contributed by atoms with van der Waals surface area (Å²) in [5.74, 6) is 1.99. The van der Waals surface area contributed by atoms with Crippen LogP contribution in [0.5, 0.6) is 11.5 Å². The highest BCUT2D eigenvalue weighted by Crippen LogP contribution is 2.34. The van der Waals surface area contributed by atoms with Crippen LogP contribution in [0.2, 0.25) is 0 Å². The van der Waals surface area contributed by atoms with Crippen LogP contribution in [0.1, 0.15) is 25.0 Å². The van der Waals surface area contributed by atoms with Crippen LogP contribution >= 0.6 is 0 Å². The predicted octanol–water partition coefficient (Wildman–Crippen LogP) is 2.74. The topological polar surface area (TPSA) is 90.6 Å². The fourth-order valence-electron chi connectivity index (χ4n) is 2.84. The van der Waals surface area contributed by atoms with E-state index in [4.69, 9.17) is 9.47 Å². The Bertz CT molecular complexity index is 764. The van der Waals surface area contributed by atoms with Crippen molar-refractivity contribution in [1.82, 2.24) is 9.97 Å². The molecule has 0 fully saturated rings. The van der Waals surface area contributed by atoms with Gasteiger partial charge in [-0.05, 0) is 43.5 Å².